The monoisotopic (exact) mass is 282 g/mol. The second kappa shape index (κ2) is 5.88. The second-order valence-corrected chi connectivity index (χ2v) is 5.89. The Morgan fingerprint density at radius 2 is 1.67 bits per heavy atom. The molecule has 1 aliphatic rings. The van der Waals surface area contributed by atoms with Gasteiger partial charge in [-0.3, -0.25) is 5.84 Å². The smallest absolute Gasteiger partial charge is 0.122 e. The topological polar surface area (TPSA) is 47.3 Å². The van der Waals surface area contributed by atoms with Crippen LogP contribution in [0.1, 0.15) is 48.1 Å². The van der Waals surface area contributed by atoms with Gasteiger partial charge in [-0.15, -0.1) is 0 Å². The molecular weight excluding hydrogens is 260 g/mol. The van der Waals surface area contributed by atoms with Gasteiger partial charge in [0.25, 0.3) is 0 Å². The van der Waals surface area contributed by atoms with E-state index in [1.54, 1.807) is 0 Å². The van der Waals surface area contributed by atoms with E-state index in [4.69, 9.17) is 10.6 Å². The molecular formula is C18H22N2O. The molecule has 0 bridgehead atoms. The van der Waals surface area contributed by atoms with Crippen molar-refractivity contribution in [2.24, 2.45) is 5.84 Å². The van der Waals surface area contributed by atoms with E-state index in [1.165, 1.54) is 22.3 Å². The summed E-state index contributed by atoms with van der Waals surface area (Å²) in [5.41, 5.74) is 7.91. The normalized spacial score (nSPS) is 14.9. The maximum absolute atomic E-state index is 5.80. The van der Waals surface area contributed by atoms with Crippen molar-refractivity contribution in [1.29, 1.82) is 0 Å². The Hall–Kier alpha value is -1.84. The van der Waals surface area contributed by atoms with Gasteiger partial charge in [-0.2, -0.15) is 0 Å². The first-order valence-electron chi connectivity index (χ1n) is 7.50. The van der Waals surface area contributed by atoms with E-state index in [-0.39, 0.29) is 6.04 Å². The first kappa shape index (κ1) is 14.1. The first-order valence-corrected chi connectivity index (χ1v) is 7.50. The second-order valence-electron chi connectivity index (χ2n) is 5.89. The highest BCUT2D eigenvalue weighted by molar-refractivity contribution is 5.43. The zero-order valence-electron chi connectivity index (χ0n) is 12.6. The van der Waals surface area contributed by atoms with E-state index in [0.717, 1.165) is 18.8 Å². The third-order valence-electron chi connectivity index (χ3n) is 4.15. The number of rotatable bonds is 4. The number of nitrogens with two attached hydrogens (primary N) is 1. The van der Waals surface area contributed by atoms with Gasteiger partial charge in [0.15, 0.2) is 0 Å². The third kappa shape index (κ3) is 2.80. The number of benzene rings is 2. The minimum Gasteiger partial charge on any atom is -0.493 e. The molecule has 2 aromatic rings. The SMILES string of the molecule is CC(C)c1ccc(C(NN)c2ccc3c(c2)CCO3)cc1. The molecule has 3 nitrogen and oxygen atoms in total. The summed E-state index contributed by atoms with van der Waals surface area (Å²) in [4.78, 5) is 0. The van der Waals surface area contributed by atoms with E-state index < -0.39 is 0 Å². The lowest BCUT2D eigenvalue weighted by molar-refractivity contribution is 0.357. The summed E-state index contributed by atoms with van der Waals surface area (Å²) >= 11 is 0. The Morgan fingerprint density at radius 1 is 1.00 bits per heavy atom. The van der Waals surface area contributed by atoms with Crippen LogP contribution in [0.3, 0.4) is 0 Å². The summed E-state index contributed by atoms with van der Waals surface area (Å²) in [5.74, 6) is 7.35. The van der Waals surface area contributed by atoms with E-state index in [1.807, 2.05) is 6.07 Å². The number of fused-ring (bicyclic) bond motifs is 1. The van der Waals surface area contributed by atoms with Crippen LogP contribution in [-0.4, -0.2) is 6.61 Å². The average Bonchev–Trinajstić information content (AvgIpc) is 2.96. The van der Waals surface area contributed by atoms with Crippen LogP contribution >= 0.6 is 0 Å². The van der Waals surface area contributed by atoms with Crippen molar-refractivity contribution < 1.29 is 4.74 Å². The van der Waals surface area contributed by atoms with Crippen LogP contribution in [-0.2, 0) is 6.42 Å². The molecule has 0 amide bonds. The number of hydrazine groups is 1. The third-order valence-corrected chi connectivity index (χ3v) is 4.15. The van der Waals surface area contributed by atoms with E-state index >= 15 is 0 Å². The van der Waals surface area contributed by atoms with Crippen molar-refractivity contribution in [3.8, 4) is 5.75 Å². The molecule has 1 unspecified atom stereocenters. The molecule has 1 heterocycles. The standard InChI is InChI=1S/C18H22N2O/c1-12(2)13-3-5-14(6-4-13)18(20-19)16-7-8-17-15(11-16)9-10-21-17/h3-8,11-12,18,20H,9-10,19H2,1-2H3. The lowest BCUT2D eigenvalue weighted by atomic mass is 9.94. The summed E-state index contributed by atoms with van der Waals surface area (Å²) in [6, 6.07) is 15.0. The molecule has 0 saturated carbocycles. The van der Waals surface area contributed by atoms with E-state index in [0.29, 0.717) is 5.92 Å². The molecule has 1 atom stereocenters. The summed E-state index contributed by atoms with van der Waals surface area (Å²) in [6.45, 7) is 5.19. The molecule has 3 heteroatoms. The Morgan fingerprint density at radius 3 is 2.33 bits per heavy atom. The van der Waals surface area contributed by atoms with Crippen molar-refractivity contribution >= 4 is 0 Å². The molecule has 110 valence electrons. The zero-order valence-corrected chi connectivity index (χ0v) is 12.6. The molecule has 1 aliphatic heterocycles. The fourth-order valence-electron chi connectivity index (χ4n) is 2.84. The Balaban J connectivity index is 1.90. The first-order chi connectivity index (χ1) is 10.2. The maximum Gasteiger partial charge on any atom is 0.122 e. The van der Waals surface area contributed by atoms with Gasteiger partial charge in [-0.05, 0) is 34.2 Å². The predicted molar refractivity (Wildman–Crippen MR) is 85.3 cm³/mol. The Kier molecular flexibility index (Phi) is 3.95. The molecule has 2 aromatic carbocycles. The van der Waals surface area contributed by atoms with Gasteiger partial charge in [0.1, 0.15) is 5.75 Å². The van der Waals surface area contributed by atoms with Crippen LogP contribution in [0.2, 0.25) is 0 Å². The van der Waals surface area contributed by atoms with Crippen LogP contribution < -0.4 is 16.0 Å². The largest absolute Gasteiger partial charge is 0.493 e. The number of hydrogen-bond acceptors (Lipinski definition) is 3. The highest BCUT2D eigenvalue weighted by Gasteiger charge is 2.17. The fourth-order valence-corrected chi connectivity index (χ4v) is 2.84. The lowest BCUT2D eigenvalue weighted by Gasteiger charge is -2.18. The van der Waals surface area contributed by atoms with Gasteiger partial charge in [-0.25, -0.2) is 5.43 Å². The molecule has 21 heavy (non-hydrogen) atoms. The number of nitrogens with one attached hydrogen (secondary N) is 1. The molecule has 0 aromatic heterocycles. The van der Waals surface area contributed by atoms with E-state index in [2.05, 4.69) is 55.7 Å². The van der Waals surface area contributed by atoms with Crippen LogP contribution in [0.25, 0.3) is 0 Å². The van der Waals surface area contributed by atoms with Gasteiger partial charge in [0, 0.05) is 6.42 Å². The van der Waals surface area contributed by atoms with Gasteiger partial charge >= 0.3 is 0 Å². The minimum atomic E-state index is 0.0112. The molecule has 0 fully saturated rings. The van der Waals surface area contributed by atoms with Crippen LogP contribution in [0.4, 0.5) is 0 Å². The van der Waals surface area contributed by atoms with Crippen molar-refractivity contribution in [2.45, 2.75) is 32.2 Å². The average molecular weight is 282 g/mol. The maximum atomic E-state index is 5.80. The highest BCUT2D eigenvalue weighted by Crippen LogP contribution is 2.30. The minimum absolute atomic E-state index is 0.0112. The highest BCUT2D eigenvalue weighted by atomic mass is 16.5. The quantitative estimate of drug-likeness (QED) is 0.668. The van der Waals surface area contributed by atoms with Gasteiger partial charge < -0.3 is 4.74 Å². The Bertz CT molecular complexity index is 620. The van der Waals surface area contributed by atoms with Crippen LogP contribution in [0, 0.1) is 0 Å². The van der Waals surface area contributed by atoms with Gasteiger partial charge in [-0.1, -0.05) is 50.2 Å². The predicted octanol–water partition coefficient (Wildman–Crippen LogP) is 3.30. The summed E-state index contributed by atoms with van der Waals surface area (Å²) < 4.78 is 5.56. The molecule has 0 radical (unpaired) electrons. The fraction of sp³-hybridized carbons (Fsp3) is 0.333. The zero-order chi connectivity index (χ0) is 14.8. The molecule has 0 spiro atoms. The van der Waals surface area contributed by atoms with Gasteiger partial charge in [0.2, 0.25) is 0 Å². The summed E-state index contributed by atoms with van der Waals surface area (Å²) in [5, 5.41) is 0. The summed E-state index contributed by atoms with van der Waals surface area (Å²) in [6.07, 6.45) is 0.979. The molecule has 3 rings (SSSR count). The summed E-state index contributed by atoms with van der Waals surface area (Å²) in [7, 11) is 0. The van der Waals surface area contributed by atoms with Crippen molar-refractivity contribution in [3.63, 3.8) is 0 Å². The molecule has 0 aliphatic carbocycles. The van der Waals surface area contributed by atoms with Crippen molar-refractivity contribution in [2.75, 3.05) is 6.61 Å². The van der Waals surface area contributed by atoms with Crippen LogP contribution in [0.15, 0.2) is 42.5 Å². The number of ether oxygens (including phenoxy) is 1. The van der Waals surface area contributed by atoms with Crippen LogP contribution in [0.5, 0.6) is 5.75 Å². The molecule has 0 saturated heterocycles. The molecule has 3 N–H and O–H groups in total. The lowest BCUT2D eigenvalue weighted by Crippen LogP contribution is -2.28. The van der Waals surface area contributed by atoms with Crippen molar-refractivity contribution in [1.82, 2.24) is 5.43 Å². The van der Waals surface area contributed by atoms with Crippen molar-refractivity contribution in [3.05, 3.63) is 64.7 Å². The van der Waals surface area contributed by atoms with E-state index in [9.17, 15) is 0 Å². The number of hydrogen-bond donors (Lipinski definition) is 2. The van der Waals surface area contributed by atoms with Gasteiger partial charge in [0.05, 0.1) is 12.6 Å². The Labute approximate surface area is 126 Å².